The van der Waals surface area contributed by atoms with Gasteiger partial charge in [-0.2, -0.15) is 0 Å². The van der Waals surface area contributed by atoms with Crippen LogP contribution in [0.2, 0.25) is 0 Å². The second-order valence-corrected chi connectivity index (χ2v) is 6.42. The van der Waals surface area contributed by atoms with Crippen molar-refractivity contribution in [2.24, 2.45) is 0 Å². The number of aromatic nitrogens is 1. The first-order valence-electron chi connectivity index (χ1n) is 8.75. The zero-order valence-electron chi connectivity index (χ0n) is 14.7. The molecular weight excluding hydrogens is 294 g/mol. The molecule has 3 nitrogen and oxygen atoms in total. The lowest BCUT2D eigenvalue weighted by molar-refractivity contribution is 0.625. The molecule has 0 amide bonds. The molecule has 3 heteroatoms. The molecule has 126 valence electrons. The topological polar surface area (TPSA) is 29.0 Å². The van der Waals surface area contributed by atoms with Gasteiger partial charge in [-0.15, -0.1) is 0 Å². The summed E-state index contributed by atoms with van der Waals surface area (Å²) in [5.41, 5.74) is 5.34. The van der Waals surface area contributed by atoms with E-state index in [0.29, 0.717) is 0 Å². The van der Waals surface area contributed by atoms with Crippen LogP contribution in [0.5, 0.6) is 0 Å². The second-order valence-electron chi connectivity index (χ2n) is 6.42. The number of fused-ring (bicyclic) bond motifs is 1. The Kier molecular flexibility index (Phi) is 5.68. The normalized spacial score (nSPS) is 11.2. The first kappa shape index (κ1) is 16.7. The van der Waals surface area contributed by atoms with Crippen molar-refractivity contribution in [3.63, 3.8) is 0 Å². The van der Waals surface area contributed by atoms with Crippen molar-refractivity contribution in [1.29, 1.82) is 0 Å². The Hall–Kier alpha value is -2.10. The second kappa shape index (κ2) is 8.13. The van der Waals surface area contributed by atoms with Crippen LogP contribution in [-0.2, 0) is 13.1 Å². The molecule has 24 heavy (non-hydrogen) atoms. The van der Waals surface area contributed by atoms with Gasteiger partial charge in [-0.05, 0) is 50.7 Å². The highest BCUT2D eigenvalue weighted by atomic mass is 15.0. The van der Waals surface area contributed by atoms with E-state index in [1.54, 1.807) is 0 Å². The molecule has 2 N–H and O–H groups in total. The van der Waals surface area contributed by atoms with E-state index < -0.39 is 0 Å². The summed E-state index contributed by atoms with van der Waals surface area (Å²) in [7, 11) is 2.00. The SMILES string of the molecule is CNCCCNCc1cn(Cc2ccc(C)cc2)c2ccccc12. The molecular formula is C21H27N3. The molecule has 3 rings (SSSR count). The molecule has 2 aromatic carbocycles. The third kappa shape index (κ3) is 4.05. The van der Waals surface area contributed by atoms with Gasteiger partial charge in [-0.3, -0.25) is 0 Å². The van der Waals surface area contributed by atoms with Crippen LogP contribution in [0.15, 0.2) is 54.7 Å². The van der Waals surface area contributed by atoms with Crippen LogP contribution in [0, 0.1) is 6.92 Å². The molecule has 0 saturated carbocycles. The van der Waals surface area contributed by atoms with E-state index in [1.165, 1.54) is 27.6 Å². The fourth-order valence-electron chi connectivity index (χ4n) is 3.10. The molecule has 0 saturated heterocycles. The predicted molar refractivity (Wildman–Crippen MR) is 102 cm³/mol. The van der Waals surface area contributed by atoms with Gasteiger partial charge in [0.1, 0.15) is 0 Å². The third-order valence-electron chi connectivity index (χ3n) is 4.44. The summed E-state index contributed by atoms with van der Waals surface area (Å²) in [6.45, 7) is 6.07. The molecule has 0 atom stereocenters. The van der Waals surface area contributed by atoms with Crippen molar-refractivity contribution in [2.45, 2.75) is 26.4 Å². The van der Waals surface area contributed by atoms with Gasteiger partial charge >= 0.3 is 0 Å². The van der Waals surface area contributed by atoms with E-state index in [1.807, 2.05) is 7.05 Å². The maximum Gasteiger partial charge on any atom is 0.0486 e. The number of nitrogens with zero attached hydrogens (tertiary/aromatic N) is 1. The smallest absolute Gasteiger partial charge is 0.0486 e. The summed E-state index contributed by atoms with van der Waals surface area (Å²) in [5.74, 6) is 0. The van der Waals surface area contributed by atoms with E-state index in [0.717, 1.165) is 32.6 Å². The van der Waals surface area contributed by atoms with Gasteiger partial charge in [0.15, 0.2) is 0 Å². The lowest BCUT2D eigenvalue weighted by Crippen LogP contribution is -2.19. The van der Waals surface area contributed by atoms with E-state index in [9.17, 15) is 0 Å². The van der Waals surface area contributed by atoms with Crippen LogP contribution in [-0.4, -0.2) is 24.7 Å². The van der Waals surface area contributed by atoms with Crippen molar-refractivity contribution in [3.05, 3.63) is 71.4 Å². The molecule has 3 aromatic rings. The number of aryl methyl sites for hydroxylation is 1. The van der Waals surface area contributed by atoms with Gasteiger partial charge < -0.3 is 15.2 Å². The van der Waals surface area contributed by atoms with Crippen LogP contribution in [0.25, 0.3) is 10.9 Å². The van der Waals surface area contributed by atoms with Crippen LogP contribution >= 0.6 is 0 Å². The molecule has 0 radical (unpaired) electrons. The van der Waals surface area contributed by atoms with E-state index in [4.69, 9.17) is 0 Å². The Morgan fingerprint density at radius 1 is 0.958 bits per heavy atom. The summed E-state index contributed by atoms with van der Waals surface area (Å²) in [6, 6.07) is 17.5. The van der Waals surface area contributed by atoms with E-state index >= 15 is 0 Å². The highest BCUT2D eigenvalue weighted by Gasteiger charge is 2.08. The molecule has 0 fully saturated rings. The molecule has 0 aliphatic carbocycles. The van der Waals surface area contributed by atoms with Crippen molar-refractivity contribution >= 4 is 10.9 Å². The van der Waals surface area contributed by atoms with Gasteiger partial charge in [0.25, 0.3) is 0 Å². The van der Waals surface area contributed by atoms with Gasteiger partial charge in [-0.25, -0.2) is 0 Å². The fraction of sp³-hybridized carbons (Fsp3) is 0.333. The third-order valence-corrected chi connectivity index (χ3v) is 4.44. The minimum atomic E-state index is 0.917. The maximum absolute atomic E-state index is 3.56. The number of hydrogen-bond acceptors (Lipinski definition) is 2. The minimum absolute atomic E-state index is 0.917. The molecule has 0 spiro atoms. The highest BCUT2D eigenvalue weighted by molar-refractivity contribution is 5.84. The Labute approximate surface area is 144 Å². The highest BCUT2D eigenvalue weighted by Crippen LogP contribution is 2.22. The zero-order valence-corrected chi connectivity index (χ0v) is 14.7. The van der Waals surface area contributed by atoms with Crippen molar-refractivity contribution in [1.82, 2.24) is 15.2 Å². The van der Waals surface area contributed by atoms with Gasteiger partial charge in [0, 0.05) is 30.2 Å². The largest absolute Gasteiger partial charge is 0.343 e. The number of hydrogen-bond donors (Lipinski definition) is 2. The van der Waals surface area contributed by atoms with Gasteiger partial charge in [-0.1, -0.05) is 48.0 Å². The first-order chi connectivity index (χ1) is 11.8. The number of benzene rings is 2. The summed E-state index contributed by atoms with van der Waals surface area (Å²) >= 11 is 0. The molecule has 0 aliphatic heterocycles. The summed E-state index contributed by atoms with van der Waals surface area (Å²) in [4.78, 5) is 0. The van der Waals surface area contributed by atoms with Crippen LogP contribution < -0.4 is 10.6 Å². The van der Waals surface area contributed by atoms with Crippen LogP contribution in [0.3, 0.4) is 0 Å². The summed E-state index contributed by atoms with van der Waals surface area (Å²) in [5, 5.41) is 8.10. The Bertz CT molecular complexity index is 771. The number of nitrogens with one attached hydrogen (secondary N) is 2. The maximum atomic E-state index is 3.56. The average molecular weight is 321 g/mol. The fourth-order valence-corrected chi connectivity index (χ4v) is 3.10. The first-order valence-corrected chi connectivity index (χ1v) is 8.75. The molecule has 1 aromatic heterocycles. The van der Waals surface area contributed by atoms with Gasteiger partial charge in [0.2, 0.25) is 0 Å². The number of rotatable bonds is 8. The Balaban J connectivity index is 1.77. The minimum Gasteiger partial charge on any atom is -0.343 e. The summed E-state index contributed by atoms with van der Waals surface area (Å²) < 4.78 is 2.37. The monoisotopic (exact) mass is 321 g/mol. The molecule has 0 aliphatic rings. The van der Waals surface area contributed by atoms with Gasteiger partial charge in [0.05, 0.1) is 0 Å². The quantitative estimate of drug-likeness (QED) is 0.620. The van der Waals surface area contributed by atoms with Crippen molar-refractivity contribution in [3.8, 4) is 0 Å². The zero-order chi connectivity index (χ0) is 16.8. The van der Waals surface area contributed by atoms with E-state index in [-0.39, 0.29) is 0 Å². The standard InChI is InChI=1S/C21H27N3/c1-17-8-10-18(11-9-17)15-24-16-19(14-23-13-5-12-22-2)20-6-3-4-7-21(20)24/h3-4,6-11,16,22-23H,5,12-15H2,1-2H3. The lowest BCUT2D eigenvalue weighted by atomic mass is 10.1. The summed E-state index contributed by atoms with van der Waals surface area (Å²) in [6.07, 6.45) is 3.45. The Morgan fingerprint density at radius 3 is 2.54 bits per heavy atom. The molecule has 1 heterocycles. The van der Waals surface area contributed by atoms with Crippen LogP contribution in [0.4, 0.5) is 0 Å². The Morgan fingerprint density at radius 2 is 1.75 bits per heavy atom. The lowest BCUT2D eigenvalue weighted by Gasteiger charge is -2.06. The number of para-hydroxylation sites is 1. The molecule has 0 bridgehead atoms. The van der Waals surface area contributed by atoms with Crippen LogP contribution in [0.1, 0.15) is 23.1 Å². The molecule has 0 unspecified atom stereocenters. The average Bonchev–Trinajstić information content (AvgIpc) is 2.95. The van der Waals surface area contributed by atoms with E-state index in [2.05, 4.69) is 76.9 Å². The van der Waals surface area contributed by atoms with Crippen molar-refractivity contribution in [2.75, 3.05) is 20.1 Å². The predicted octanol–water partition coefficient (Wildman–Crippen LogP) is 3.70. The van der Waals surface area contributed by atoms with Crippen molar-refractivity contribution < 1.29 is 0 Å².